The average molecular weight is 341 g/mol. The maximum absolute atomic E-state index is 12.8. The van der Waals surface area contributed by atoms with Gasteiger partial charge in [0.05, 0.1) is 16.9 Å². The van der Waals surface area contributed by atoms with Gasteiger partial charge in [-0.25, -0.2) is 9.37 Å². The van der Waals surface area contributed by atoms with E-state index >= 15 is 0 Å². The number of nitrogens with one attached hydrogen (secondary N) is 1. The molecule has 6 nitrogen and oxygen atoms in total. The van der Waals surface area contributed by atoms with Crippen molar-refractivity contribution >= 4 is 29.2 Å². The maximum atomic E-state index is 12.8. The van der Waals surface area contributed by atoms with Crippen molar-refractivity contribution in [3.8, 4) is 12.1 Å². The number of hydrogen-bond acceptors (Lipinski definition) is 6. The lowest BCUT2D eigenvalue weighted by atomic mass is 10.1. The highest BCUT2D eigenvalue weighted by molar-refractivity contribution is 8.00. The van der Waals surface area contributed by atoms with Crippen LogP contribution in [0.15, 0.2) is 29.3 Å². The van der Waals surface area contributed by atoms with Gasteiger partial charge in [0, 0.05) is 5.69 Å². The van der Waals surface area contributed by atoms with E-state index in [0.29, 0.717) is 16.3 Å². The van der Waals surface area contributed by atoms with Crippen LogP contribution in [-0.2, 0) is 4.79 Å². The van der Waals surface area contributed by atoms with Crippen LogP contribution in [0.4, 0.5) is 15.9 Å². The highest BCUT2D eigenvalue weighted by atomic mass is 32.2. The molecular formula is C16H12FN5OS. The normalized spacial score (nSPS) is 9.83. The number of nitriles is 2. The first kappa shape index (κ1) is 17.3. The third-order valence-corrected chi connectivity index (χ3v) is 4.11. The Kier molecular flexibility index (Phi) is 5.35. The number of carbonyl (C=O) groups is 1. The molecule has 2 aromatic rings. The predicted molar refractivity (Wildman–Crippen MR) is 88.6 cm³/mol. The van der Waals surface area contributed by atoms with Crippen LogP contribution in [0.1, 0.15) is 16.7 Å². The lowest BCUT2D eigenvalue weighted by Gasteiger charge is -2.09. The van der Waals surface area contributed by atoms with Gasteiger partial charge in [-0.15, -0.1) is 0 Å². The van der Waals surface area contributed by atoms with Crippen molar-refractivity contribution in [2.45, 2.75) is 11.9 Å². The number of thioether (sulfide) groups is 1. The van der Waals surface area contributed by atoms with Crippen LogP contribution >= 0.6 is 11.8 Å². The fourth-order valence-electron chi connectivity index (χ4n) is 1.94. The van der Waals surface area contributed by atoms with Gasteiger partial charge in [0.2, 0.25) is 5.91 Å². The first-order valence-electron chi connectivity index (χ1n) is 6.74. The van der Waals surface area contributed by atoms with Gasteiger partial charge in [0.25, 0.3) is 0 Å². The Morgan fingerprint density at radius 3 is 2.50 bits per heavy atom. The van der Waals surface area contributed by atoms with Gasteiger partial charge in [-0.05, 0) is 36.8 Å². The molecule has 0 bridgehead atoms. The number of nitrogens with zero attached hydrogens (tertiary/aromatic N) is 3. The van der Waals surface area contributed by atoms with Gasteiger partial charge in [0.1, 0.15) is 28.8 Å². The number of carbonyl (C=O) groups excluding carboxylic acids is 1. The molecule has 120 valence electrons. The smallest absolute Gasteiger partial charge is 0.234 e. The van der Waals surface area contributed by atoms with Gasteiger partial charge < -0.3 is 11.1 Å². The van der Waals surface area contributed by atoms with Crippen LogP contribution in [0.5, 0.6) is 0 Å². The van der Waals surface area contributed by atoms with E-state index in [9.17, 15) is 14.4 Å². The van der Waals surface area contributed by atoms with Gasteiger partial charge in [-0.2, -0.15) is 10.5 Å². The largest absolute Gasteiger partial charge is 0.383 e. The number of anilines is 2. The van der Waals surface area contributed by atoms with E-state index in [-0.39, 0.29) is 28.6 Å². The third-order valence-electron chi connectivity index (χ3n) is 3.13. The highest BCUT2D eigenvalue weighted by Crippen LogP contribution is 2.27. The van der Waals surface area contributed by atoms with Crippen LogP contribution in [0.25, 0.3) is 0 Å². The van der Waals surface area contributed by atoms with Gasteiger partial charge in [-0.1, -0.05) is 11.8 Å². The van der Waals surface area contributed by atoms with Crippen molar-refractivity contribution in [1.29, 1.82) is 10.5 Å². The Morgan fingerprint density at radius 2 is 1.92 bits per heavy atom. The Balaban J connectivity index is 2.12. The number of aromatic nitrogens is 1. The van der Waals surface area contributed by atoms with E-state index in [1.807, 2.05) is 12.1 Å². The van der Waals surface area contributed by atoms with E-state index in [0.717, 1.165) is 11.8 Å². The molecular weight excluding hydrogens is 329 g/mol. The Hall–Kier alpha value is -3.10. The summed E-state index contributed by atoms with van der Waals surface area (Å²) in [6.07, 6.45) is 0. The molecule has 0 aliphatic rings. The van der Waals surface area contributed by atoms with E-state index in [1.165, 1.54) is 24.3 Å². The van der Waals surface area contributed by atoms with Crippen molar-refractivity contribution in [2.24, 2.45) is 0 Å². The number of hydrogen-bond donors (Lipinski definition) is 2. The number of pyridine rings is 1. The first-order chi connectivity index (χ1) is 11.5. The van der Waals surface area contributed by atoms with Crippen molar-refractivity contribution in [3.63, 3.8) is 0 Å². The van der Waals surface area contributed by atoms with Crippen molar-refractivity contribution in [2.75, 3.05) is 16.8 Å². The SMILES string of the molecule is Cc1c(C#N)c(N)nc(SCC(=O)Nc2ccc(F)cc2)c1C#N. The molecule has 0 unspecified atom stereocenters. The predicted octanol–water partition coefficient (Wildman–Crippen LogP) is 2.59. The van der Waals surface area contributed by atoms with Crippen LogP contribution in [0, 0.1) is 35.4 Å². The second-order valence-electron chi connectivity index (χ2n) is 4.74. The van der Waals surface area contributed by atoms with Crippen molar-refractivity contribution < 1.29 is 9.18 Å². The Bertz CT molecular complexity index is 868. The summed E-state index contributed by atoms with van der Waals surface area (Å²) in [4.78, 5) is 16.0. The summed E-state index contributed by atoms with van der Waals surface area (Å²) < 4.78 is 12.8. The molecule has 0 saturated heterocycles. The molecule has 0 spiro atoms. The van der Waals surface area contributed by atoms with Crippen LogP contribution in [0.3, 0.4) is 0 Å². The zero-order valence-corrected chi connectivity index (χ0v) is 13.4. The summed E-state index contributed by atoms with van der Waals surface area (Å²) in [5.41, 5.74) is 6.99. The molecule has 0 atom stereocenters. The molecule has 1 heterocycles. The molecule has 1 aromatic heterocycles. The summed E-state index contributed by atoms with van der Waals surface area (Å²) in [6, 6.07) is 9.26. The molecule has 3 N–H and O–H groups in total. The molecule has 0 aliphatic carbocycles. The maximum Gasteiger partial charge on any atom is 0.234 e. The van der Waals surface area contributed by atoms with Crippen molar-refractivity contribution in [1.82, 2.24) is 4.98 Å². The second kappa shape index (κ2) is 7.44. The second-order valence-corrected chi connectivity index (χ2v) is 5.71. The number of rotatable bonds is 4. The quantitative estimate of drug-likeness (QED) is 0.826. The van der Waals surface area contributed by atoms with Gasteiger partial charge in [0.15, 0.2) is 0 Å². The zero-order chi connectivity index (χ0) is 17.7. The summed E-state index contributed by atoms with van der Waals surface area (Å²) in [6.45, 7) is 1.61. The Morgan fingerprint density at radius 1 is 1.29 bits per heavy atom. The number of nitrogen functional groups attached to an aromatic ring is 1. The standard InChI is InChI=1S/C16H12FN5OS/c1-9-12(6-18)15(20)22-16(13(9)7-19)24-8-14(23)21-11-4-2-10(17)3-5-11/h2-5H,8H2,1H3,(H2,20,22)(H,21,23). The third kappa shape index (κ3) is 3.80. The molecule has 0 saturated carbocycles. The van der Waals surface area contributed by atoms with E-state index in [4.69, 9.17) is 11.0 Å². The number of nitrogens with two attached hydrogens (primary N) is 1. The molecule has 2 rings (SSSR count). The topological polar surface area (TPSA) is 116 Å². The van der Waals surface area contributed by atoms with Crippen LogP contribution in [-0.4, -0.2) is 16.6 Å². The monoisotopic (exact) mass is 341 g/mol. The van der Waals surface area contributed by atoms with E-state index < -0.39 is 5.82 Å². The van der Waals surface area contributed by atoms with Gasteiger partial charge >= 0.3 is 0 Å². The first-order valence-corrected chi connectivity index (χ1v) is 7.73. The molecule has 1 amide bonds. The minimum absolute atomic E-state index is 0.0101. The fourth-order valence-corrected chi connectivity index (χ4v) is 2.79. The van der Waals surface area contributed by atoms with Gasteiger partial charge in [-0.3, -0.25) is 4.79 Å². The van der Waals surface area contributed by atoms with Crippen LogP contribution < -0.4 is 11.1 Å². The van der Waals surface area contributed by atoms with E-state index in [2.05, 4.69) is 10.3 Å². The molecule has 1 aromatic carbocycles. The Labute approximate surface area is 142 Å². The summed E-state index contributed by atoms with van der Waals surface area (Å²) >= 11 is 1.04. The minimum atomic E-state index is -0.395. The fraction of sp³-hybridized carbons (Fsp3) is 0.125. The summed E-state index contributed by atoms with van der Waals surface area (Å²) in [5.74, 6) is -0.716. The van der Waals surface area contributed by atoms with Crippen molar-refractivity contribution in [3.05, 3.63) is 46.8 Å². The highest BCUT2D eigenvalue weighted by Gasteiger charge is 2.16. The minimum Gasteiger partial charge on any atom is -0.383 e. The lowest BCUT2D eigenvalue weighted by Crippen LogP contribution is -2.14. The average Bonchev–Trinajstić information content (AvgIpc) is 2.55. The van der Waals surface area contributed by atoms with Crippen LogP contribution in [0.2, 0.25) is 0 Å². The van der Waals surface area contributed by atoms with E-state index in [1.54, 1.807) is 6.92 Å². The molecule has 24 heavy (non-hydrogen) atoms. The lowest BCUT2D eigenvalue weighted by molar-refractivity contribution is -0.113. The molecule has 8 heteroatoms. The molecule has 0 fully saturated rings. The number of halogens is 1. The number of amides is 1. The molecule has 0 radical (unpaired) electrons. The zero-order valence-electron chi connectivity index (χ0n) is 12.6. The molecule has 0 aliphatic heterocycles. The summed E-state index contributed by atoms with van der Waals surface area (Å²) in [5, 5.41) is 21.2. The number of benzene rings is 1. The summed E-state index contributed by atoms with van der Waals surface area (Å²) in [7, 11) is 0.